The molecule has 0 amide bonds. The minimum Gasteiger partial charge on any atom is -0.333 e. The summed E-state index contributed by atoms with van der Waals surface area (Å²) in [6.07, 6.45) is 0. The summed E-state index contributed by atoms with van der Waals surface area (Å²) in [4.78, 5) is 32.4. The summed E-state index contributed by atoms with van der Waals surface area (Å²) in [6.45, 7) is 2.01. The van der Waals surface area contributed by atoms with Crippen molar-refractivity contribution in [3.05, 3.63) is 55.9 Å². The highest BCUT2D eigenvalue weighted by atomic mass is 32.1. The van der Waals surface area contributed by atoms with Crippen LogP contribution in [0.3, 0.4) is 0 Å². The van der Waals surface area contributed by atoms with Gasteiger partial charge in [0, 0.05) is 17.5 Å². The summed E-state index contributed by atoms with van der Waals surface area (Å²) >= 11 is 1.58. The van der Waals surface area contributed by atoms with Crippen molar-refractivity contribution >= 4 is 22.4 Å². The van der Waals surface area contributed by atoms with E-state index >= 15 is 0 Å². The van der Waals surface area contributed by atoms with Gasteiger partial charge in [0.25, 0.3) is 5.89 Å². The topological polar surface area (TPSA) is 93.8 Å². The number of fused-ring (bicyclic) bond motifs is 1. The van der Waals surface area contributed by atoms with E-state index in [2.05, 4.69) is 15.1 Å². The molecule has 0 saturated carbocycles. The number of H-pyrrole nitrogens is 1. The molecular weight excluding hydrogens is 328 g/mol. The van der Waals surface area contributed by atoms with Gasteiger partial charge in [0.1, 0.15) is 0 Å². The lowest BCUT2D eigenvalue weighted by Gasteiger charge is -2.04. The summed E-state index contributed by atoms with van der Waals surface area (Å²) < 4.78 is 6.63. The van der Waals surface area contributed by atoms with Gasteiger partial charge < -0.3 is 14.1 Å². The van der Waals surface area contributed by atoms with Gasteiger partial charge in [-0.15, -0.1) is 11.3 Å². The number of benzene rings is 1. The zero-order chi connectivity index (χ0) is 16.8. The first-order valence-electron chi connectivity index (χ1n) is 7.17. The summed E-state index contributed by atoms with van der Waals surface area (Å²) in [5.41, 5.74) is 0.606. The third-order valence-corrected chi connectivity index (χ3v) is 4.73. The number of aromatic amines is 1. The fourth-order valence-electron chi connectivity index (χ4n) is 2.50. The minimum absolute atomic E-state index is 0.424. The maximum atomic E-state index is 11.7. The van der Waals surface area contributed by atoms with E-state index in [0.717, 1.165) is 9.75 Å². The largest absolute Gasteiger partial charge is 0.333 e. The predicted octanol–water partition coefficient (Wildman–Crippen LogP) is 2.31. The molecule has 0 unspecified atom stereocenters. The highest BCUT2D eigenvalue weighted by molar-refractivity contribution is 7.15. The van der Waals surface area contributed by atoms with Crippen LogP contribution in [0.2, 0.25) is 0 Å². The highest BCUT2D eigenvalue weighted by Gasteiger charge is 2.13. The second kappa shape index (κ2) is 5.27. The molecule has 3 aromatic heterocycles. The Balaban J connectivity index is 1.83. The second-order valence-corrected chi connectivity index (χ2v) is 6.67. The molecule has 8 heteroatoms. The number of nitrogens with one attached hydrogen (secondary N) is 1. The number of hydrogen-bond donors (Lipinski definition) is 1. The molecule has 120 valence electrons. The zero-order valence-electron chi connectivity index (χ0n) is 12.9. The van der Waals surface area contributed by atoms with E-state index in [9.17, 15) is 9.59 Å². The monoisotopic (exact) mass is 340 g/mol. The normalized spacial score (nSPS) is 11.2. The highest BCUT2D eigenvalue weighted by Crippen LogP contribution is 2.28. The van der Waals surface area contributed by atoms with Gasteiger partial charge in [-0.05, 0) is 37.3 Å². The molecule has 4 aromatic rings. The Morgan fingerprint density at radius 2 is 2.04 bits per heavy atom. The van der Waals surface area contributed by atoms with Crippen LogP contribution < -0.4 is 11.1 Å². The predicted molar refractivity (Wildman–Crippen MR) is 91.2 cm³/mol. The molecule has 3 heterocycles. The van der Waals surface area contributed by atoms with E-state index in [4.69, 9.17) is 4.52 Å². The standard InChI is InChI=1S/C16H12N4O3S/c1-8-3-6-12(24-8)15-18-13(19-23-15)9-4-5-11-10(7-9)17-14(21)16(22)20(11)2/h3-7H,1-2H3,(H,17,21). The summed E-state index contributed by atoms with van der Waals surface area (Å²) in [5, 5.41) is 4.00. The van der Waals surface area contributed by atoms with Gasteiger partial charge in [0.15, 0.2) is 0 Å². The van der Waals surface area contributed by atoms with Crippen LogP contribution in [0.4, 0.5) is 0 Å². The van der Waals surface area contributed by atoms with E-state index in [1.165, 1.54) is 4.57 Å². The molecule has 4 rings (SSSR count). The van der Waals surface area contributed by atoms with Gasteiger partial charge in [-0.3, -0.25) is 9.59 Å². The van der Waals surface area contributed by atoms with Gasteiger partial charge in [0.05, 0.1) is 15.9 Å². The Hall–Kier alpha value is -3.00. The van der Waals surface area contributed by atoms with Gasteiger partial charge in [-0.1, -0.05) is 5.16 Å². The molecule has 24 heavy (non-hydrogen) atoms. The van der Waals surface area contributed by atoms with Gasteiger partial charge in [0.2, 0.25) is 5.82 Å². The Labute approximate surface area is 139 Å². The number of hydrogen-bond acceptors (Lipinski definition) is 6. The molecule has 0 fully saturated rings. The quantitative estimate of drug-likeness (QED) is 0.565. The zero-order valence-corrected chi connectivity index (χ0v) is 13.7. The first-order valence-corrected chi connectivity index (χ1v) is 7.98. The fourth-order valence-corrected chi connectivity index (χ4v) is 3.28. The molecule has 1 N–H and O–H groups in total. The van der Waals surface area contributed by atoms with Crippen molar-refractivity contribution in [3.8, 4) is 22.2 Å². The van der Waals surface area contributed by atoms with Crippen molar-refractivity contribution in [2.24, 2.45) is 7.05 Å². The molecule has 0 atom stereocenters. The van der Waals surface area contributed by atoms with Gasteiger partial charge >= 0.3 is 11.1 Å². The van der Waals surface area contributed by atoms with Crippen molar-refractivity contribution in [2.45, 2.75) is 6.92 Å². The third-order valence-electron chi connectivity index (χ3n) is 3.74. The van der Waals surface area contributed by atoms with E-state index in [-0.39, 0.29) is 0 Å². The Morgan fingerprint density at radius 3 is 2.79 bits per heavy atom. The SMILES string of the molecule is Cc1ccc(-c2nc(-c3ccc4c(c3)[nH]c(=O)c(=O)n4C)no2)s1. The molecule has 0 bridgehead atoms. The lowest BCUT2D eigenvalue weighted by Crippen LogP contribution is -2.34. The van der Waals surface area contributed by atoms with Crippen molar-refractivity contribution in [1.29, 1.82) is 0 Å². The van der Waals surface area contributed by atoms with Crippen LogP contribution in [-0.4, -0.2) is 19.7 Å². The first-order chi connectivity index (χ1) is 11.5. The summed E-state index contributed by atoms with van der Waals surface area (Å²) in [6, 6.07) is 9.18. The third kappa shape index (κ3) is 2.28. The molecule has 1 aromatic carbocycles. The molecule has 0 aliphatic rings. The maximum absolute atomic E-state index is 11.7. The molecular formula is C16H12N4O3S. The van der Waals surface area contributed by atoms with Crippen molar-refractivity contribution in [2.75, 3.05) is 0 Å². The van der Waals surface area contributed by atoms with Crippen LogP contribution in [0, 0.1) is 6.92 Å². The van der Waals surface area contributed by atoms with E-state index in [1.807, 2.05) is 19.1 Å². The molecule has 0 saturated heterocycles. The fraction of sp³-hybridized carbons (Fsp3) is 0.125. The average Bonchev–Trinajstić information content (AvgIpc) is 3.21. The van der Waals surface area contributed by atoms with E-state index in [0.29, 0.717) is 28.3 Å². The summed E-state index contributed by atoms with van der Waals surface area (Å²) in [7, 11) is 1.56. The van der Waals surface area contributed by atoms with E-state index < -0.39 is 11.1 Å². The first kappa shape index (κ1) is 14.6. The Morgan fingerprint density at radius 1 is 1.21 bits per heavy atom. The van der Waals surface area contributed by atoms with Crippen molar-refractivity contribution < 1.29 is 4.52 Å². The smallest absolute Gasteiger partial charge is 0.316 e. The van der Waals surface area contributed by atoms with Crippen molar-refractivity contribution in [1.82, 2.24) is 19.7 Å². The summed E-state index contributed by atoms with van der Waals surface area (Å²) in [5.74, 6) is 0.879. The Bertz CT molecular complexity index is 1180. The molecule has 0 radical (unpaired) electrons. The number of rotatable bonds is 2. The molecule has 0 aliphatic carbocycles. The Kier molecular flexibility index (Phi) is 3.20. The van der Waals surface area contributed by atoms with Crippen LogP contribution in [0.1, 0.15) is 4.88 Å². The molecule has 0 aliphatic heterocycles. The lowest BCUT2D eigenvalue weighted by molar-refractivity contribution is 0.433. The van der Waals surface area contributed by atoms with Gasteiger partial charge in [-0.2, -0.15) is 4.98 Å². The van der Waals surface area contributed by atoms with E-state index in [1.54, 1.807) is 36.6 Å². The van der Waals surface area contributed by atoms with Crippen LogP contribution in [-0.2, 0) is 7.05 Å². The number of nitrogens with zero attached hydrogens (tertiary/aromatic N) is 3. The number of thiophene rings is 1. The molecule has 0 spiro atoms. The maximum Gasteiger partial charge on any atom is 0.316 e. The molecule has 7 nitrogen and oxygen atoms in total. The van der Waals surface area contributed by atoms with Crippen LogP contribution in [0.5, 0.6) is 0 Å². The minimum atomic E-state index is -0.662. The van der Waals surface area contributed by atoms with Gasteiger partial charge in [-0.25, -0.2) is 0 Å². The lowest BCUT2D eigenvalue weighted by atomic mass is 10.2. The van der Waals surface area contributed by atoms with Crippen LogP contribution >= 0.6 is 11.3 Å². The average molecular weight is 340 g/mol. The van der Waals surface area contributed by atoms with Crippen LogP contribution in [0.15, 0.2) is 44.4 Å². The van der Waals surface area contributed by atoms with Crippen molar-refractivity contribution in [3.63, 3.8) is 0 Å². The number of aryl methyl sites for hydroxylation is 2. The number of aromatic nitrogens is 4. The second-order valence-electron chi connectivity index (χ2n) is 5.38. The van der Waals surface area contributed by atoms with Crippen LogP contribution in [0.25, 0.3) is 33.2 Å².